The predicted octanol–water partition coefficient (Wildman–Crippen LogP) is 4.32. The summed E-state index contributed by atoms with van der Waals surface area (Å²) in [6.07, 6.45) is 8.48. The normalized spacial score (nSPS) is 12.8. The molecule has 0 saturated heterocycles. The molecule has 0 radical (unpaired) electrons. The van der Waals surface area contributed by atoms with Crippen molar-refractivity contribution in [2.45, 2.75) is 45.8 Å². The zero-order valence-corrected chi connectivity index (χ0v) is 15.3. The first-order chi connectivity index (χ1) is 11.9. The monoisotopic (exact) mass is 338 g/mol. The third kappa shape index (κ3) is 5.75. The summed E-state index contributed by atoms with van der Waals surface area (Å²) in [6.45, 7) is 7.58. The van der Waals surface area contributed by atoms with Gasteiger partial charge in [0, 0.05) is 18.4 Å². The highest BCUT2D eigenvalue weighted by Gasteiger charge is 2.30. The summed E-state index contributed by atoms with van der Waals surface area (Å²) in [6, 6.07) is 11.7. The molecule has 2 rings (SSSR count). The Morgan fingerprint density at radius 2 is 1.68 bits per heavy atom. The molecule has 4 nitrogen and oxygen atoms in total. The van der Waals surface area contributed by atoms with E-state index in [0.717, 1.165) is 17.5 Å². The predicted molar refractivity (Wildman–Crippen MR) is 102 cm³/mol. The Bertz CT molecular complexity index is 706. The Balaban J connectivity index is 1.99. The number of rotatable bonds is 7. The van der Waals surface area contributed by atoms with Gasteiger partial charge in [-0.3, -0.25) is 9.78 Å². The Morgan fingerprint density at radius 3 is 2.24 bits per heavy atom. The number of ether oxygens (including phenoxy) is 1. The molecule has 0 bridgehead atoms. The maximum atomic E-state index is 12.3. The quantitative estimate of drug-likeness (QED) is 0.818. The fourth-order valence-electron chi connectivity index (χ4n) is 2.15. The van der Waals surface area contributed by atoms with Gasteiger partial charge in [-0.05, 0) is 62.6 Å². The van der Waals surface area contributed by atoms with Crippen LogP contribution in [0, 0.1) is 0 Å². The first-order valence-corrected chi connectivity index (χ1v) is 8.59. The fourth-order valence-corrected chi connectivity index (χ4v) is 2.15. The molecule has 1 heterocycles. The van der Waals surface area contributed by atoms with Crippen LogP contribution in [-0.4, -0.2) is 22.5 Å². The summed E-state index contributed by atoms with van der Waals surface area (Å²) < 4.78 is 5.88. The lowest BCUT2D eigenvalue weighted by Crippen LogP contribution is -2.49. The lowest BCUT2D eigenvalue weighted by molar-refractivity contribution is -0.134. The van der Waals surface area contributed by atoms with Crippen molar-refractivity contribution < 1.29 is 9.53 Å². The molecule has 1 amide bonds. The SMILES string of the molecule is CCC(C)NC(=O)C(C)(C)Oc1ccc(/C=C/c2ccncc2)cc1. The second-order valence-electron chi connectivity index (χ2n) is 6.58. The average Bonchev–Trinajstić information content (AvgIpc) is 2.61. The van der Waals surface area contributed by atoms with E-state index >= 15 is 0 Å². The van der Waals surface area contributed by atoms with Gasteiger partial charge in [-0.25, -0.2) is 0 Å². The van der Waals surface area contributed by atoms with Crippen LogP contribution in [0.5, 0.6) is 5.75 Å². The van der Waals surface area contributed by atoms with E-state index in [-0.39, 0.29) is 11.9 Å². The lowest BCUT2D eigenvalue weighted by atomic mass is 10.1. The largest absolute Gasteiger partial charge is 0.478 e. The topological polar surface area (TPSA) is 51.2 Å². The van der Waals surface area contributed by atoms with Gasteiger partial charge in [-0.1, -0.05) is 31.2 Å². The van der Waals surface area contributed by atoms with Crippen molar-refractivity contribution in [1.29, 1.82) is 0 Å². The molecule has 0 aliphatic rings. The van der Waals surface area contributed by atoms with E-state index in [0.29, 0.717) is 5.75 Å². The van der Waals surface area contributed by atoms with Crippen molar-refractivity contribution in [1.82, 2.24) is 10.3 Å². The first-order valence-electron chi connectivity index (χ1n) is 8.59. The molecule has 0 aliphatic heterocycles. The van der Waals surface area contributed by atoms with Crippen molar-refractivity contribution in [2.75, 3.05) is 0 Å². The number of benzene rings is 1. The first kappa shape index (κ1) is 18.7. The van der Waals surface area contributed by atoms with Crippen LogP contribution in [0.4, 0.5) is 0 Å². The van der Waals surface area contributed by atoms with E-state index in [1.165, 1.54) is 0 Å². The van der Waals surface area contributed by atoms with Crippen molar-refractivity contribution in [2.24, 2.45) is 0 Å². The van der Waals surface area contributed by atoms with E-state index in [4.69, 9.17) is 4.74 Å². The molecule has 1 N–H and O–H groups in total. The molecule has 2 aromatic rings. The third-order valence-electron chi connectivity index (χ3n) is 3.96. The minimum atomic E-state index is -0.919. The second-order valence-corrected chi connectivity index (χ2v) is 6.58. The third-order valence-corrected chi connectivity index (χ3v) is 3.96. The number of carbonyl (C=O) groups excluding carboxylic acids is 1. The molecular weight excluding hydrogens is 312 g/mol. The van der Waals surface area contributed by atoms with Gasteiger partial charge in [0.2, 0.25) is 0 Å². The number of carbonyl (C=O) groups is 1. The van der Waals surface area contributed by atoms with Crippen molar-refractivity contribution in [3.63, 3.8) is 0 Å². The number of aromatic nitrogens is 1. The van der Waals surface area contributed by atoms with E-state index in [1.807, 2.05) is 62.4 Å². The van der Waals surface area contributed by atoms with Gasteiger partial charge in [0.15, 0.2) is 5.60 Å². The summed E-state index contributed by atoms with van der Waals surface area (Å²) in [5.74, 6) is 0.564. The van der Waals surface area contributed by atoms with E-state index in [9.17, 15) is 4.79 Å². The molecular formula is C21H26N2O2. The van der Waals surface area contributed by atoms with Gasteiger partial charge < -0.3 is 10.1 Å². The van der Waals surface area contributed by atoms with Crippen LogP contribution in [-0.2, 0) is 4.79 Å². The Labute approximate surface area is 149 Å². The molecule has 0 spiro atoms. The highest BCUT2D eigenvalue weighted by Crippen LogP contribution is 2.20. The fraction of sp³-hybridized carbons (Fsp3) is 0.333. The number of hydrogen-bond acceptors (Lipinski definition) is 3. The maximum absolute atomic E-state index is 12.3. The van der Waals surface area contributed by atoms with Crippen LogP contribution in [0.2, 0.25) is 0 Å². The van der Waals surface area contributed by atoms with Gasteiger partial charge in [-0.15, -0.1) is 0 Å². The van der Waals surface area contributed by atoms with Gasteiger partial charge in [0.25, 0.3) is 5.91 Å². The van der Waals surface area contributed by atoms with Gasteiger partial charge >= 0.3 is 0 Å². The van der Waals surface area contributed by atoms with Crippen LogP contribution < -0.4 is 10.1 Å². The molecule has 4 heteroatoms. The van der Waals surface area contributed by atoms with Crippen LogP contribution >= 0.6 is 0 Å². The molecule has 132 valence electrons. The Kier molecular flexibility index (Phi) is 6.34. The zero-order chi connectivity index (χ0) is 18.3. The van der Waals surface area contributed by atoms with Gasteiger partial charge in [0.1, 0.15) is 5.75 Å². The highest BCUT2D eigenvalue weighted by atomic mass is 16.5. The molecule has 0 aliphatic carbocycles. The molecule has 0 saturated carbocycles. The van der Waals surface area contributed by atoms with E-state index in [2.05, 4.69) is 10.3 Å². The minimum absolute atomic E-state index is 0.108. The zero-order valence-electron chi connectivity index (χ0n) is 15.3. The summed E-state index contributed by atoms with van der Waals surface area (Å²) in [7, 11) is 0. The number of hydrogen-bond donors (Lipinski definition) is 1. The van der Waals surface area contributed by atoms with Gasteiger partial charge in [0.05, 0.1) is 0 Å². The average molecular weight is 338 g/mol. The maximum Gasteiger partial charge on any atom is 0.263 e. The summed E-state index contributed by atoms with van der Waals surface area (Å²) in [5.41, 5.74) is 1.24. The molecule has 1 aromatic carbocycles. The van der Waals surface area contributed by atoms with E-state index < -0.39 is 5.60 Å². The molecule has 0 fully saturated rings. The molecule has 25 heavy (non-hydrogen) atoms. The summed E-state index contributed by atoms with van der Waals surface area (Å²) in [5, 5.41) is 2.96. The van der Waals surface area contributed by atoms with Crippen LogP contribution in [0.15, 0.2) is 48.8 Å². The standard InChI is InChI=1S/C21H26N2O2/c1-5-16(2)23-20(24)21(3,4)25-19-10-8-17(9-11-19)6-7-18-12-14-22-15-13-18/h6-16H,5H2,1-4H3,(H,23,24)/b7-6+. The second kappa shape index (κ2) is 8.47. The van der Waals surface area contributed by atoms with Crippen LogP contribution in [0.3, 0.4) is 0 Å². The Morgan fingerprint density at radius 1 is 1.12 bits per heavy atom. The van der Waals surface area contributed by atoms with Crippen molar-refractivity contribution >= 4 is 18.1 Å². The van der Waals surface area contributed by atoms with E-state index in [1.54, 1.807) is 26.2 Å². The summed E-state index contributed by atoms with van der Waals surface area (Å²) >= 11 is 0. The smallest absolute Gasteiger partial charge is 0.263 e. The van der Waals surface area contributed by atoms with Crippen LogP contribution in [0.1, 0.15) is 45.2 Å². The Hall–Kier alpha value is -2.62. The molecule has 1 aromatic heterocycles. The highest BCUT2D eigenvalue weighted by molar-refractivity contribution is 5.85. The molecule has 1 atom stereocenters. The van der Waals surface area contributed by atoms with Crippen molar-refractivity contribution in [3.05, 3.63) is 59.9 Å². The van der Waals surface area contributed by atoms with Gasteiger partial charge in [-0.2, -0.15) is 0 Å². The molecule has 1 unspecified atom stereocenters. The number of amides is 1. The van der Waals surface area contributed by atoms with Crippen LogP contribution in [0.25, 0.3) is 12.2 Å². The summed E-state index contributed by atoms with van der Waals surface area (Å²) in [4.78, 5) is 16.3. The number of pyridine rings is 1. The minimum Gasteiger partial charge on any atom is -0.478 e. The number of nitrogens with zero attached hydrogens (tertiary/aromatic N) is 1. The lowest BCUT2D eigenvalue weighted by Gasteiger charge is -2.27. The van der Waals surface area contributed by atoms with Crippen molar-refractivity contribution in [3.8, 4) is 5.75 Å². The number of nitrogens with one attached hydrogen (secondary N) is 1.